The smallest absolute Gasteiger partial charge is 0.134 e. The fraction of sp³-hybridized carbons (Fsp3) is 0.417. The Hall–Kier alpha value is -1.96. The van der Waals surface area contributed by atoms with Crippen LogP contribution in [-0.2, 0) is 6.42 Å². The van der Waals surface area contributed by atoms with Gasteiger partial charge >= 0.3 is 0 Å². The van der Waals surface area contributed by atoms with Crippen molar-refractivity contribution >= 4 is 11.9 Å². The van der Waals surface area contributed by atoms with Crippen LogP contribution >= 0.6 is 11.9 Å². The zero-order valence-electron chi connectivity index (χ0n) is 16.7. The molecule has 1 atom stereocenters. The van der Waals surface area contributed by atoms with Crippen LogP contribution in [0.4, 0.5) is 4.39 Å². The number of halogens is 1. The first kappa shape index (κ1) is 20.8. The van der Waals surface area contributed by atoms with Gasteiger partial charge in [0.05, 0.1) is 0 Å². The predicted octanol–water partition coefficient (Wildman–Crippen LogP) is 5.35. The number of nitrogens with one attached hydrogen (secondary N) is 1. The molecule has 1 unspecified atom stereocenters. The lowest BCUT2D eigenvalue weighted by molar-refractivity contribution is 0.250. The highest BCUT2D eigenvalue weighted by Gasteiger charge is 2.44. The maximum absolute atomic E-state index is 15.2. The Bertz CT molecular complexity index is 811. The Morgan fingerprint density at radius 1 is 1.21 bits per heavy atom. The van der Waals surface area contributed by atoms with Crippen LogP contribution in [0.25, 0.3) is 11.1 Å². The molecule has 0 bridgehead atoms. The summed E-state index contributed by atoms with van der Waals surface area (Å²) >= 11 is 1.75. The molecule has 0 radical (unpaired) electrons. The molecular formula is C24H29FN2S. The molecule has 0 amide bonds. The molecule has 2 nitrogen and oxygen atoms in total. The van der Waals surface area contributed by atoms with Crippen LogP contribution in [0.5, 0.6) is 0 Å². The third-order valence-corrected chi connectivity index (χ3v) is 6.17. The summed E-state index contributed by atoms with van der Waals surface area (Å²) in [4.78, 5) is 2.06. The summed E-state index contributed by atoms with van der Waals surface area (Å²) in [5.74, 6) is 0.919. The van der Waals surface area contributed by atoms with Crippen molar-refractivity contribution in [3.63, 3.8) is 0 Å². The zero-order valence-corrected chi connectivity index (χ0v) is 17.6. The van der Waals surface area contributed by atoms with Gasteiger partial charge in [0.2, 0.25) is 0 Å². The number of nitrogens with zero attached hydrogens (tertiary/aromatic N) is 1. The lowest BCUT2D eigenvalue weighted by atomic mass is 9.97. The van der Waals surface area contributed by atoms with E-state index in [0.717, 1.165) is 30.0 Å². The molecule has 2 aromatic rings. The highest BCUT2D eigenvalue weighted by Crippen LogP contribution is 2.46. The quantitative estimate of drug-likeness (QED) is 0.252. The number of benzene rings is 2. The van der Waals surface area contributed by atoms with Gasteiger partial charge in [-0.3, -0.25) is 4.72 Å². The fourth-order valence-electron chi connectivity index (χ4n) is 3.57. The van der Waals surface area contributed by atoms with Crippen molar-refractivity contribution in [1.29, 1.82) is 0 Å². The van der Waals surface area contributed by atoms with E-state index < -0.39 is 0 Å². The van der Waals surface area contributed by atoms with Gasteiger partial charge in [0.25, 0.3) is 0 Å². The van der Waals surface area contributed by atoms with Gasteiger partial charge in [-0.15, -0.1) is 0 Å². The normalized spacial score (nSPS) is 15.6. The van der Waals surface area contributed by atoms with Gasteiger partial charge in [0.15, 0.2) is 0 Å². The standard InChI is InChI=1S/C24H29FN2S/c1-4-27(18-24(14-15-24)17-26-28-5-2)19(3)16-21-12-9-13-22(23(21)25)20-10-7-6-8-11-20/h1,6-13,19,26H,5,14-18H2,2-3H3. The SMILES string of the molecule is C#CN(CC1(CNSCC)CC1)C(C)Cc1cccc(-c2ccccc2)c1F. The van der Waals surface area contributed by atoms with E-state index in [1.165, 1.54) is 12.8 Å². The maximum Gasteiger partial charge on any atom is 0.134 e. The molecule has 0 aliphatic heterocycles. The Balaban J connectivity index is 1.68. The molecule has 3 rings (SSSR count). The van der Waals surface area contributed by atoms with Gasteiger partial charge in [0, 0.05) is 41.9 Å². The van der Waals surface area contributed by atoms with Crippen LogP contribution in [0.15, 0.2) is 48.5 Å². The minimum atomic E-state index is -0.139. The van der Waals surface area contributed by atoms with Crippen molar-refractivity contribution in [2.24, 2.45) is 5.41 Å². The van der Waals surface area contributed by atoms with Gasteiger partial charge in [-0.1, -0.05) is 73.8 Å². The highest BCUT2D eigenvalue weighted by atomic mass is 32.2. The second kappa shape index (κ2) is 9.49. The van der Waals surface area contributed by atoms with E-state index in [1.807, 2.05) is 48.5 Å². The third-order valence-electron chi connectivity index (χ3n) is 5.53. The topological polar surface area (TPSA) is 15.3 Å². The predicted molar refractivity (Wildman–Crippen MR) is 118 cm³/mol. The Morgan fingerprint density at radius 2 is 1.96 bits per heavy atom. The molecular weight excluding hydrogens is 367 g/mol. The van der Waals surface area contributed by atoms with Gasteiger partial charge in [-0.2, -0.15) is 0 Å². The summed E-state index contributed by atoms with van der Waals surface area (Å²) in [6, 6.07) is 18.3. The first-order valence-corrected chi connectivity index (χ1v) is 11.0. The second-order valence-corrected chi connectivity index (χ2v) is 8.86. The highest BCUT2D eigenvalue weighted by molar-refractivity contribution is 7.97. The molecule has 1 aliphatic rings. The largest absolute Gasteiger partial charge is 0.329 e. The van der Waals surface area contributed by atoms with Crippen LogP contribution in [0, 0.1) is 23.7 Å². The molecule has 1 aliphatic carbocycles. The van der Waals surface area contributed by atoms with Gasteiger partial charge in [-0.25, -0.2) is 4.39 Å². The van der Waals surface area contributed by atoms with Gasteiger partial charge < -0.3 is 4.90 Å². The molecule has 0 heterocycles. The summed E-state index contributed by atoms with van der Waals surface area (Å²) < 4.78 is 18.6. The first-order valence-electron chi connectivity index (χ1n) is 9.99. The molecule has 0 spiro atoms. The van der Waals surface area contributed by atoms with Crippen LogP contribution in [-0.4, -0.2) is 29.8 Å². The summed E-state index contributed by atoms with van der Waals surface area (Å²) in [5.41, 5.74) is 2.54. The molecule has 1 saturated carbocycles. The van der Waals surface area contributed by atoms with Crippen LogP contribution < -0.4 is 4.72 Å². The van der Waals surface area contributed by atoms with E-state index in [-0.39, 0.29) is 17.3 Å². The summed E-state index contributed by atoms with van der Waals surface area (Å²) in [6.45, 7) is 6.08. The second-order valence-electron chi connectivity index (χ2n) is 7.71. The van der Waals surface area contributed by atoms with E-state index in [9.17, 15) is 0 Å². The van der Waals surface area contributed by atoms with Crippen molar-refractivity contribution in [1.82, 2.24) is 9.62 Å². The molecule has 1 N–H and O–H groups in total. The van der Waals surface area contributed by atoms with E-state index >= 15 is 4.39 Å². The van der Waals surface area contributed by atoms with Crippen molar-refractivity contribution < 1.29 is 4.39 Å². The molecule has 2 aromatic carbocycles. The first-order chi connectivity index (χ1) is 13.6. The minimum absolute atomic E-state index is 0.0850. The van der Waals surface area contributed by atoms with E-state index in [0.29, 0.717) is 12.0 Å². The zero-order chi connectivity index (χ0) is 20.0. The Labute approximate surface area is 173 Å². The number of hydrogen-bond acceptors (Lipinski definition) is 3. The average Bonchev–Trinajstić information content (AvgIpc) is 3.48. The van der Waals surface area contributed by atoms with E-state index in [2.05, 4.69) is 29.5 Å². The van der Waals surface area contributed by atoms with Gasteiger partial charge in [0.1, 0.15) is 5.82 Å². The molecule has 0 aromatic heterocycles. The fourth-order valence-corrected chi connectivity index (χ4v) is 4.18. The average molecular weight is 397 g/mol. The van der Waals surface area contributed by atoms with Crippen molar-refractivity contribution in [2.75, 3.05) is 18.8 Å². The Kier molecular flexibility index (Phi) is 7.04. The molecule has 148 valence electrons. The summed E-state index contributed by atoms with van der Waals surface area (Å²) in [6.07, 6.45) is 8.84. The number of rotatable bonds is 10. The lowest BCUT2D eigenvalue weighted by Crippen LogP contribution is -2.38. The number of hydrogen-bond donors (Lipinski definition) is 1. The lowest BCUT2D eigenvalue weighted by Gasteiger charge is -2.30. The molecule has 4 heteroatoms. The number of terminal acetylenes is 1. The van der Waals surface area contributed by atoms with E-state index in [1.54, 1.807) is 11.9 Å². The van der Waals surface area contributed by atoms with Gasteiger partial charge in [-0.05, 0) is 37.3 Å². The minimum Gasteiger partial charge on any atom is -0.329 e. The maximum atomic E-state index is 15.2. The molecule has 0 saturated heterocycles. The van der Waals surface area contributed by atoms with Crippen molar-refractivity contribution in [3.05, 3.63) is 59.9 Å². The third kappa shape index (κ3) is 5.10. The van der Waals surface area contributed by atoms with Crippen molar-refractivity contribution in [3.8, 4) is 23.6 Å². The van der Waals surface area contributed by atoms with E-state index in [4.69, 9.17) is 6.42 Å². The summed E-state index contributed by atoms with van der Waals surface area (Å²) in [5, 5.41) is 0. The molecule has 28 heavy (non-hydrogen) atoms. The summed E-state index contributed by atoms with van der Waals surface area (Å²) in [7, 11) is 0. The monoisotopic (exact) mass is 396 g/mol. The van der Waals surface area contributed by atoms with Crippen LogP contribution in [0.2, 0.25) is 0 Å². The Morgan fingerprint density at radius 3 is 2.61 bits per heavy atom. The van der Waals surface area contributed by atoms with Crippen molar-refractivity contribution in [2.45, 2.75) is 39.2 Å². The van der Waals surface area contributed by atoms with Crippen LogP contribution in [0.1, 0.15) is 32.3 Å². The van der Waals surface area contributed by atoms with Crippen LogP contribution in [0.3, 0.4) is 0 Å². The molecule has 1 fully saturated rings.